The Morgan fingerprint density at radius 1 is 1.05 bits per heavy atom. The molecule has 0 unspecified atom stereocenters. The first-order chi connectivity index (χ1) is 10.4. The third kappa shape index (κ3) is 2.57. The van der Waals surface area contributed by atoms with Gasteiger partial charge >= 0.3 is 12.1 Å². The van der Waals surface area contributed by atoms with E-state index >= 15 is 0 Å². The van der Waals surface area contributed by atoms with Gasteiger partial charge in [-0.15, -0.1) is 11.3 Å². The minimum Gasteiger partial charge on any atom is -0.478 e. The quantitative estimate of drug-likeness (QED) is 0.696. The molecule has 0 saturated heterocycles. The Morgan fingerprint density at radius 2 is 1.82 bits per heavy atom. The Bertz CT molecular complexity index is 865. The Hall–Kier alpha value is -2.34. The van der Waals surface area contributed by atoms with Crippen molar-refractivity contribution in [2.75, 3.05) is 0 Å². The molecule has 3 aromatic rings. The Labute approximate surface area is 127 Å². The number of halogens is 3. The zero-order valence-corrected chi connectivity index (χ0v) is 11.8. The molecule has 3 rings (SSSR count). The summed E-state index contributed by atoms with van der Waals surface area (Å²) in [5, 5.41) is 10.4. The molecule has 0 spiro atoms. The van der Waals surface area contributed by atoms with E-state index in [2.05, 4.69) is 0 Å². The van der Waals surface area contributed by atoms with Gasteiger partial charge in [0.2, 0.25) is 0 Å². The van der Waals surface area contributed by atoms with E-state index in [9.17, 15) is 18.0 Å². The molecule has 22 heavy (non-hydrogen) atoms. The van der Waals surface area contributed by atoms with Crippen molar-refractivity contribution in [2.45, 2.75) is 6.18 Å². The number of carboxylic acid groups (broad SMARTS) is 1. The van der Waals surface area contributed by atoms with Crippen LogP contribution in [0, 0.1) is 0 Å². The van der Waals surface area contributed by atoms with E-state index in [4.69, 9.17) is 5.11 Å². The molecule has 0 bridgehead atoms. The van der Waals surface area contributed by atoms with Gasteiger partial charge in [0.05, 0.1) is 5.56 Å². The molecule has 2 nitrogen and oxygen atoms in total. The monoisotopic (exact) mass is 322 g/mol. The van der Waals surface area contributed by atoms with Crippen molar-refractivity contribution in [3.63, 3.8) is 0 Å². The molecule has 0 aliphatic carbocycles. The second-order valence-corrected chi connectivity index (χ2v) is 5.79. The van der Waals surface area contributed by atoms with E-state index in [1.54, 1.807) is 24.3 Å². The largest absolute Gasteiger partial charge is 0.478 e. The lowest BCUT2D eigenvalue weighted by Crippen LogP contribution is -2.00. The van der Waals surface area contributed by atoms with Crippen LogP contribution in [0.15, 0.2) is 48.5 Å². The van der Waals surface area contributed by atoms with Crippen LogP contribution in [0.4, 0.5) is 13.2 Å². The van der Waals surface area contributed by atoms with E-state index in [-0.39, 0.29) is 5.56 Å². The fourth-order valence-corrected chi connectivity index (χ4v) is 3.18. The fraction of sp³-hybridized carbons (Fsp3) is 0.0625. The van der Waals surface area contributed by atoms with Gasteiger partial charge in [0.15, 0.2) is 0 Å². The summed E-state index contributed by atoms with van der Waals surface area (Å²) in [5.41, 5.74) is 0.807. The van der Waals surface area contributed by atoms with Crippen molar-refractivity contribution in [2.24, 2.45) is 0 Å². The van der Waals surface area contributed by atoms with Gasteiger partial charge in [0.1, 0.15) is 4.88 Å². The van der Waals surface area contributed by atoms with Crippen LogP contribution < -0.4 is 0 Å². The normalized spacial score (nSPS) is 11.8. The molecule has 0 radical (unpaired) electrons. The van der Waals surface area contributed by atoms with Crippen molar-refractivity contribution in [3.05, 3.63) is 59.0 Å². The number of rotatable bonds is 2. The number of aromatic carboxylic acids is 1. The molecule has 1 aromatic heterocycles. The number of alkyl halides is 3. The maximum atomic E-state index is 12.7. The molecule has 0 atom stereocenters. The second kappa shape index (κ2) is 5.14. The van der Waals surface area contributed by atoms with Crippen LogP contribution in [0.25, 0.3) is 21.2 Å². The zero-order valence-electron chi connectivity index (χ0n) is 11.0. The third-order valence-corrected chi connectivity index (χ3v) is 4.44. The maximum Gasteiger partial charge on any atom is 0.425 e. The number of hydrogen-bond donors (Lipinski definition) is 1. The number of benzene rings is 2. The van der Waals surface area contributed by atoms with Crippen LogP contribution in [-0.2, 0) is 6.18 Å². The van der Waals surface area contributed by atoms with Gasteiger partial charge in [-0.2, -0.15) is 13.2 Å². The average molecular weight is 322 g/mol. The lowest BCUT2D eigenvalue weighted by Gasteiger charge is -2.06. The van der Waals surface area contributed by atoms with Gasteiger partial charge < -0.3 is 5.11 Å². The van der Waals surface area contributed by atoms with Gasteiger partial charge in [-0.1, -0.05) is 24.3 Å². The predicted molar refractivity (Wildman–Crippen MR) is 79.2 cm³/mol. The van der Waals surface area contributed by atoms with E-state index in [0.717, 1.165) is 11.5 Å². The van der Waals surface area contributed by atoms with Gasteiger partial charge in [-0.25, -0.2) is 4.79 Å². The summed E-state index contributed by atoms with van der Waals surface area (Å²) >= 11 is 0.677. The highest BCUT2D eigenvalue weighted by Crippen LogP contribution is 2.40. The summed E-state index contributed by atoms with van der Waals surface area (Å²) in [7, 11) is 0. The highest BCUT2D eigenvalue weighted by atomic mass is 32.1. The first-order valence-corrected chi connectivity index (χ1v) is 7.11. The van der Waals surface area contributed by atoms with Crippen LogP contribution in [0.1, 0.15) is 15.2 Å². The summed E-state index contributed by atoms with van der Waals surface area (Å²) < 4.78 is 38.2. The van der Waals surface area contributed by atoms with Gasteiger partial charge in [-0.3, -0.25) is 0 Å². The highest BCUT2D eigenvalue weighted by Gasteiger charge is 2.32. The van der Waals surface area contributed by atoms with Gasteiger partial charge in [0, 0.05) is 4.88 Å². The van der Waals surface area contributed by atoms with Crippen LogP contribution in [0.2, 0.25) is 0 Å². The predicted octanol–water partition coefficient (Wildman–Crippen LogP) is 5.29. The number of fused-ring (bicyclic) bond motifs is 1. The minimum absolute atomic E-state index is 0.145. The smallest absolute Gasteiger partial charge is 0.425 e. The first kappa shape index (κ1) is 14.6. The van der Waals surface area contributed by atoms with Gasteiger partial charge in [-0.05, 0) is 40.6 Å². The zero-order chi connectivity index (χ0) is 15.9. The fourth-order valence-electron chi connectivity index (χ4n) is 2.27. The summed E-state index contributed by atoms with van der Waals surface area (Å²) in [4.78, 5) is 10.8. The van der Waals surface area contributed by atoms with Crippen LogP contribution in [0.5, 0.6) is 0 Å². The summed E-state index contributed by atoms with van der Waals surface area (Å²) in [6.45, 7) is 0. The number of hydrogen-bond acceptors (Lipinski definition) is 2. The average Bonchev–Trinajstić information content (AvgIpc) is 2.95. The van der Waals surface area contributed by atoms with E-state index in [1.165, 1.54) is 18.2 Å². The van der Waals surface area contributed by atoms with E-state index in [0.29, 0.717) is 27.2 Å². The number of thiophene rings is 1. The van der Waals surface area contributed by atoms with Crippen LogP contribution in [0.3, 0.4) is 0 Å². The molecule has 0 amide bonds. The van der Waals surface area contributed by atoms with Crippen molar-refractivity contribution in [1.29, 1.82) is 0 Å². The molecule has 1 N–H and O–H groups in total. The SMILES string of the molecule is O=C(O)c1ccc2c(-c3ccc(C(F)(F)F)s3)cccc2c1. The molecule has 0 fully saturated rings. The lowest BCUT2D eigenvalue weighted by molar-refractivity contribution is -0.134. The molecule has 6 heteroatoms. The van der Waals surface area contributed by atoms with Crippen LogP contribution in [-0.4, -0.2) is 11.1 Å². The van der Waals surface area contributed by atoms with Crippen LogP contribution >= 0.6 is 11.3 Å². The third-order valence-electron chi connectivity index (χ3n) is 3.28. The Balaban J connectivity index is 2.15. The Kier molecular flexibility index (Phi) is 3.41. The summed E-state index contributed by atoms with van der Waals surface area (Å²) in [6, 6.07) is 12.3. The maximum absolute atomic E-state index is 12.7. The molecular weight excluding hydrogens is 313 g/mol. The number of carbonyl (C=O) groups is 1. The van der Waals surface area contributed by atoms with E-state index < -0.39 is 17.0 Å². The number of carboxylic acids is 1. The van der Waals surface area contributed by atoms with Crippen molar-refractivity contribution in [3.8, 4) is 10.4 Å². The molecule has 0 aliphatic rings. The molecule has 0 saturated carbocycles. The van der Waals surface area contributed by atoms with Crippen molar-refractivity contribution < 1.29 is 23.1 Å². The lowest BCUT2D eigenvalue weighted by atomic mass is 10.0. The molecule has 0 aliphatic heterocycles. The molecular formula is C16H9F3O2S. The summed E-state index contributed by atoms with van der Waals surface area (Å²) in [5.74, 6) is -1.04. The van der Waals surface area contributed by atoms with Crippen molar-refractivity contribution in [1.82, 2.24) is 0 Å². The summed E-state index contributed by atoms with van der Waals surface area (Å²) in [6.07, 6.45) is -4.36. The second-order valence-electron chi connectivity index (χ2n) is 4.71. The first-order valence-electron chi connectivity index (χ1n) is 6.30. The topological polar surface area (TPSA) is 37.3 Å². The molecule has 112 valence electrons. The van der Waals surface area contributed by atoms with Gasteiger partial charge in [0.25, 0.3) is 0 Å². The highest BCUT2D eigenvalue weighted by molar-refractivity contribution is 7.15. The van der Waals surface area contributed by atoms with E-state index in [1.807, 2.05) is 0 Å². The minimum atomic E-state index is -4.36. The molecule has 2 aromatic carbocycles. The van der Waals surface area contributed by atoms with Crippen molar-refractivity contribution >= 4 is 28.1 Å². The molecule has 1 heterocycles. The Morgan fingerprint density at radius 3 is 2.45 bits per heavy atom. The standard InChI is InChI=1S/C16H9F3O2S/c17-16(18,19)14-7-6-13(22-14)12-3-1-2-9-8-10(15(20)21)4-5-11(9)12/h1-8H,(H,20,21).